The molecule has 0 aliphatic carbocycles. The summed E-state index contributed by atoms with van der Waals surface area (Å²) in [5.41, 5.74) is 3.51. The summed E-state index contributed by atoms with van der Waals surface area (Å²) < 4.78 is 4.81. The van der Waals surface area contributed by atoms with E-state index in [1.807, 2.05) is 36.1 Å². The highest BCUT2D eigenvalue weighted by molar-refractivity contribution is 5.98. The van der Waals surface area contributed by atoms with E-state index in [1.54, 1.807) is 18.2 Å². The number of methoxy groups -OCH3 is 1. The summed E-state index contributed by atoms with van der Waals surface area (Å²) in [7, 11) is 1.25. The molecule has 3 amide bonds. The molecule has 1 aliphatic rings. The smallest absolute Gasteiger partial charge is 0.328 e. The van der Waals surface area contributed by atoms with Gasteiger partial charge in [0.05, 0.1) is 18.7 Å². The highest BCUT2D eigenvalue weighted by Gasteiger charge is 2.26. The molecule has 39 heavy (non-hydrogen) atoms. The Labute approximate surface area is 225 Å². The van der Waals surface area contributed by atoms with Crippen molar-refractivity contribution in [1.82, 2.24) is 30.8 Å². The standard InChI is InChI=1S/C27H30N8O4/c1-17-3-6-21(25(36)35-13-11-20(12-14-35)19-7-4-18(16-28)5-8-19)15-23(17)30-27(38)29-22(26(37)39-2)9-10-24-31-33-34-32-24/h3-8,15,20,22H,9-14H2,1-2H3,(H2,29,30,38)(H,31,32,33,34)/t22-/m0/s1. The molecule has 12 heteroatoms. The summed E-state index contributed by atoms with van der Waals surface area (Å²) in [4.78, 5) is 40.0. The van der Waals surface area contributed by atoms with Gasteiger partial charge in [-0.25, -0.2) is 9.59 Å². The molecule has 3 aromatic rings. The van der Waals surface area contributed by atoms with Gasteiger partial charge in [-0.3, -0.25) is 4.79 Å². The van der Waals surface area contributed by atoms with Crippen LogP contribution in [0.5, 0.6) is 0 Å². The van der Waals surface area contributed by atoms with Crippen molar-refractivity contribution in [2.75, 3.05) is 25.5 Å². The van der Waals surface area contributed by atoms with Crippen molar-refractivity contribution in [3.8, 4) is 6.07 Å². The third-order valence-electron chi connectivity index (χ3n) is 6.86. The Morgan fingerprint density at radius 2 is 1.92 bits per heavy atom. The lowest BCUT2D eigenvalue weighted by Crippen LogP contribution is -2.44. The molecule has 0 unspecified atom stereocenters. The summed E-state index contributed by atoms with van der Waals surface area (Å²) in [5, 5.41) is 27.9. The Kier molecular flexibility index (Phi) is 8.83. The van der Waals surface area contributed by atoms with Gasteiger partial charge in [-0.2, -0.15) is 10.5 Å². The number of urea groups is 1. The van der Waals surface area contributed by atoms with Crippen LogP contribution in [0.2, 0.25) is 0 Å². The zero-order chi connectivity index (χ0) is 27.8. The number of hydrogen-bond donors (Lipinski definition) is 3. The molecule has 1 aliphatic heterocycles. The number of carbonyl (C=O) groups excluding carboxylic acids is 3. The van der Waals surface area contributed by atoms with Crippen LogP contribution >= 0.6 is 0 Å². The van der Waals surface area contributed by atoms with E-state index in [-0.39, 0.29) is 12.3 Å². The molecule has 0 radical (unpaired) electrons. The Bertz CT molecular complexity index is 1340. The van der Waals surface area contributed by atoms with Gasteiger partial charge < -0.3 is 20.3 Å². The van der Waals surface area contributed by atoms with Crippen LogP contribution in [0.15, 0.2) is 42.5 Å². The number of hydrogen-bond acceptors (Lipinski definition) is 8. The molecule has 2 heterocycles. The van der Waals surface area contributed by atoms with Gasteiger partial charge in [0.2, 0.25) is 0 Å². The Morgan fingerprint density at radius 3 is 2.56 bits per heavy atom. The second-order valence-corrected chi connectivity index (χ2v) is 9.37. The number of likely N-dealkylation sites (tertiary alicyclic amines) is 1. The van der Waals surface area contributed by atoms with Crippen molar-refractivity contribution < 1.29 is 19.1 Å². The number of rotatable bonds is 8. The number of esters is 1. The fourth-order valence-corrected chi connectivity index (χ4v) is 4.59. The summed E-state index contributed by atoms with van der Waals surface area (Å²) in [6.45, 7) is 3.05. The first-order chi connectivity index (χ1) is 18.9. The average molecular weight is 531 g/mol. The fourth-order valence-electron chi connectivity index (χ4n) is 4.59. The van der Waals surface area contributed by atoms with E-state index in [4.69, 9.17) is 10.00 Å². The minimum absolute atomic E-state index is 0.107. The lowest BCUT2D eigenvalue weighted by atomic mass is 9.89. The van der Waals surface area contributed by atoms with E-state index in [0.29, 0.717) is 48.1 Å². The van der Waals surface area contributed by atoms with E-state index < -0.39 is 18.0 Å². The van der Waals surface area contributed by atoms with Gasteiger partial charge in [0.1, 0.15) is 6.04 Å². The summed E-state index contributed by atoms with van der Waals surface area (Å²) in [6, 6.07) is 13.4. The van der Waals surface area contributed by atoms with E-state index in [0.717, 1.165) is 18.4 Å². The van der Waals surface area contributed by atoms with Gasteiger partial charge in [-0.15, -0.1) is 10.2 Å². The highest BCUT2D eigenvalue weighted by Crippen LogP contribution is 2.29. The van der Waals surface area contributed by atoms with Gasteiger partial charge in [-0.05, 0) is 67.5 Å². The molecular weight excluding hydrogens is 500 g/mol. The number of aromatic nitrogens is 4. The first kappa shape index (κ1) is 27.3. The quantitative estimate of drug-likeness (QED) is 0.374. The van der Waals surface area contributed by atoms with Crippen LogP contribution < -0.4 is 10.6 Å². The number of piperidine rings is 1. The number of anilines is 1. The summed E-state index contributed by atoms with van der Waals surface area (Å²) in [6.07, 6.45) is 2.18. The van der Waals surface area contributed by atoms with Crippen LogP contribution in [-0.2, 0) is 16.0 Å². The monoisotopic (exact) mass is 530 g/mol. The first-order valence-corrected chi connectivity index (χ1v) is 12.7. The van der Waals surface area contributed by atoms with Gasteiger partial charge >= 0.3 is 12.0 Å². The zero-order valence-electron chi connectivity index (χ0n) is 21.8. The molecular formula is C27H30N8O4. The van der Waals surface area contributed by atoms with Crippen molar-refractivity contribution in [2.45, 2.75) is 44.6 Å². The number of aromatic amines is 1. The molecule has 1 atom stereocenters. The SMILES string of the molecule is COC(=O)[C@H](CCc1nn[nH]n1)NC(=O)Nc1cc(C(=O)N2CCC(c3ccc(C#N)cc3)CC2)ccc1C. The minimum Gasteiger partial charge on any atom is -0.467 e. The lowest BCUT2D eigenvalue weighted by Gasteiger charge is -2.32. The van der Waals surface area contributed by atoms with Gasteiger partial charge in [0, 0.05) is 30.8 Å². The maximum atomic E-state index is 13.3. The maximum absolute atomic E-state index is 13.3. The first-order valence-electron chi connectivity index (χ1n) is 12.7. The normalized spacial score (nSPS) is 14.2. The summed E-state index contributed by atoms with van der Waals surface area (Å²) in [5.74, 6) is 0.0423. The number of amides is 3. The third kappa shape index (κ3) is 6.95. The van der Waals surface area contributed by atoms with Gasteiger partial charge in [0.25, 0.3) is 5.91 Å². The molecule has 12 nitrogen and oxygen atoms in total. The number of benzene rings is 2. The van der Waals surface area contributed by atoms with Gasteiger partial charge in [-0.1, -0.05) is 23.4 Å². The van der Waals surface area contributed by atoms with E-state index in [1.165, 1.54) is 12.7 Å². The molecule has 0 saturated carbocycles. The van der Waals surface area contributed by atoms with Crippen molar-refractivity contribution >= 4 is 23.6 Å². The van der Waals surface area contributed by atoms with Crippen molar-refractivity contribution in [2.24, 2.45) is 0 Å². The van der Waals surface area contributed by atoms with Crippen LogP contribution in [0.25, 0.3) is 0 Å². The number of carbonyl (C=O) groups is 3. The second-order valence-electron chi connectivity index (χ2n) is 9.37. The summed E-state index contributed by atoms with van der Waals surface area (Å²) >= 11 is 0. The van der Waals surface area contributed by atoms with Gasteiger partial charge in [0.15, 0.2) is 5.82 Å². The molecule has 0 spiro atoms. The minimum atomic E-state index is -0.920. The van der Waals surface area contributed by atoms with Crippen LogP contribution in [0, 0.1) is 18.3 Å². The molecule has 1 saturated heterocycles. The van der Waals surface area contributed by atoms with Crippen molar-refractivity contribution in [3.63, 3.8) is 0 Å². The second kappa shape index (κ2) is 12.6. The Hall–Kier alpha value is -4.79. The van der Waals surface area contributed by atoms with Crippen LogP contribution in [0.1, 0.15) is 58.1 Å². The van der Waals surface area contributed by atoms with Crippen molar-refractivity contribution in [1.29, 1.82) is 5.26 Å². The topological polar surface area (TPSA) is 166 Å². The van der Waals surface area contributed by atoms with Crippen molar-refractivity contribution in [3.05, 3.63) is 70.5 Å². The lowest BCUT2D eigenvalue weighted by molar-refractivity contribution is -0.142. The van der Waals surface area contributed by atoms with E-state index in [9.17, 15) is 14.4 Å². The largest absolute Gasteiger partial charge is 0.467 e. The fraction of sp³-hybridized carbons (Fsp3) is 0.370. The molecule has 202 valence electrons. The van der Waals surface area contributed by atoms with E-state index in [2.05, 4.69) is 37.3 Å². The number of nitriles is 1. The number of ether oxygens (including phenoxy) is 1. The third-order valence-corrected chi connectivity index (χ3v) is 6.86. The number of aryl methyl sites for hydroxylation is 2. The molecule has 1 fully saturated rings. The average Bonchev–Trinajstić information content (AvgIpc) is 3.49. The Morgan fingerprint density at radius 1 is 1.18 bits per heavy atom. The molecule has 2 aromatic carbocycles. The molecule has 0 bridgehead atoms. The van der Waals surface area contributed by atoms with Crippen LogP contribution in [0.4, 0.5) is 10.5 Å². The van der Waals surface area contributed by atoms with Crippen LogP contribution in [-0.4, -0.2) is 69.7 Å². The number of nitrogens with zero attached hydrogens (tertiary/aromatic N) is 5. The maximum Gasteiger partial charge on any atom is 0.328 e. The molecule has 3 N–H and O–H groups in total. The molecule has 1 aromatic heterocycles. The number of tetrazole rings is 1. The zero-order valence-corrected chi connectivity index (χ0v) is 21.8. The van der Waals surface area contributed by atoms with Crippen LogP contribution in [0.3, 0.4) is 0 Å². The van der Waals surface area contributed by atoms with E-state index >= 15 is 0 Å². The Balaban J connectivity index is 1.35. The number of nitrogens with one attached hydrogen (secondary N) is 3. The molecule has 4 rings (SSSR count). The highest BCUT2D eigenvalue weighted by atomic mass is 16.5. The number of H-pyrrole nitrogens is 1. The predicted molar refractivity (Wildman–Crippen MR) is 141 cm³/mol. The predicted octanol–water partition coefficient (Wildman–Crippen LogP) is 2.70.